The van der Waals surface area contributed by atoms with Crippen LogP contribution >= 0.6 is 0 Å². The average molecular weight is 407 g/mol. The van der Waals surface area contributed by atoms with Gasteiger partial charge >= 0.3 is 0 Å². The number of hydrogen-bond donors (Lipinski definition) is 4. The maximum absolute atomic E-state index is 13.0. The monoisotopic (exact) mass is 407 g/mol. The van der Waals surface area contributed by atoms with Gasteiger partial charge in [0.15, 0.2) is 6.10 Å². The van der Waals surface area contributed by atoms with Crippen molar-refractivity contribution in [3.63, 3.8) is 0 Å². The van der Waals surface area contributed by atoms with Crippen molar-refractivity contribution in [1.29, 1.82) is 5.41 Å². The first kappa shape index (κ1) is 19.7. The Hall–Kier alpha value is -3.56. The summed E-state index contributed by atoms with van der Waals surface area (Å²) in [6.45, 7) is 2.56. The normalized spacial score (nSPS) is 17.9. The van der Waals surface area contributed by atoms with Crippen molar-refractivity contribution in [2.45, 2.75) is 19.1 Å². The molecule has 0 bridgehead atoms. The molecule has 30 heavy (non-hydrogen) atoms. The number of carbonyl (C=O) groups excluding carboxylic acids is 1. The molecular formula is C21H21N5O4. The summed E-state index contributed by atoms with van der Waals surface area (Å²) in [5.41, 5.74) is 7.45. The Morgan fingerprint density at radius 1 is 1.30 bits per heavy atom. The molecule has 0 spiro atoms. The highest BCUT2D eigenvalue weighted by molar-refractivity contribution is 5.99. The quantitative estimate of drug-likeness (QED) is 0.375. The number of carbonyl (C=O) groups is 1. The largest absolute Gasteiger partial charge is 0.384 e. The third-order valence-corrected chi connectivity index (χ3v) is 5.08. The van der Waals surface area contributed by atoms with Gasteiger partial charge in [-0.15, -0.1) is 0 Å². The van der Waals surface area contributed by atoms with Crippen molar-refractivity contribution in [2.24, 2.45) is 5.73 Å². The van der Waals surface area contributed by atoms with E-state index < -0.39 is 23.7 Å². The first-order chi connectivity index (χ1) is 14.3. The number of nitrogens with one attached hydrogen (secondary N) is 2. The van der Waals surface area contributed by atoms with Gasteiger partial charge in [-0.05, 0) is 37.3 Å². The van der Waals surface area contributed by atoms with Crippen molar-refractivity contribution < 1.29 is 14.6 Å². The summed E-state index contributed by atoms with van der Waals surface area (Å²) in [7, 11) is 0. The molecule has 1 fully saturated rings. The van der Waals surface area contributed by atoms with Gasteiger partial charge in [0.2, 0.25) is 0 Å². The van der Waals surface area contributed by atoms with Crippen LogP contribution in [0.25, 0.3) is 10.9 Å². The minimum Gasteiger partial charge on any atom is -0.384 e. The van der Waals surface area contributed by atoms with E-state index in [1.807, 2.05) is 31.2 Å². The lowest BCUT2D eigenvalue weighted by molar-refractivity contribution is -0.143. The van der Waals surface area contributed by atoms with Crippen LogP contribution in [0.3, 0.4) is 0 Å². The van der Waals surface area contributed by atoms with E-state index in [4.69, 9.17) is 15.9 Å². The number of ether oxygens (including phenoxy) is 1. The number of aliphatic hydroxyl groups excluding tert-OH is 1. The number of anilines is 1. The number of nitrogens with two attached hydrogens (primary N) is 1. The summed E-state index contributed by atoms with van der Waals surface area (Å²) in [6.07, 6.45) is -2.65. The molecular weight excluding hydrogens is 386 g/mol. The number of nitrogens with zero attached hydrogens (tertiary/aromatic N) is 2. The number of aliphatic hydroxyl groups is 1. The molecule has 154 valence electrons. The van der Waals surface area contributed by atoms with Crippen LogP contribution < -0.4 is 16.2 Å². The Balaban J connectivity index is 1.65. The van der Waals surface area contributed by atoms with E-state index in [9.17, 15) is 14.7 Å². The fourth-order valence-electron chi connectivity index (χ4n) is 3.43. The van der Waals surface area contributed by atoms with Gasteiger partial charge in [-0.25, -0.2) is 0 Å². The summed E-state index contributed by atoms with van der Waals surface area (Å²) in [4.78, 5) is 33.8. The molecule has 5 N–H and O–H groups in total. The molecule has 0 saturated carbocycles. The number of fused-ring (bicyclic) bond motifs is 1. The molecule has 2 heterocycles. The van der Waals surface area contributed by atoms with Crippen molar-refractivity contribution in [3.05, 3.63) is 69.8 Å². The molecule has 0 aliphatic carbocycles. The SMILES string of the molecule is Cc1ccc(N2CCOC([C@@H](O)c3nc(=O)c4cc(C(=N)N)ccc4[nH]3)C2=O)cc1. The number of aryl methyl sites for hydroxylation is 1. The minimum atomic E-state index is -1.45. The number of amides is 1. The zero-order valence-corrected chi connectivity index (χ0v) is 16.3. The average Bonchev–Trinajstić information content (AvgIpc) is 2.74. The number of nitrogen functional groups attached to an aromatic ring is 1. The summed E-state index contributed by atoms with van der Waals surface area (Å²) in [6, 6.07) is 12.1. The van der Waals surface area contributed by atoms with Gasteiger partial charge in [-0.1, -0.05) is 17.7 Å². The Morgan fingerprint density at radius 2 is 2.03 bits per heavy atom. The number of aromatic amines is 1. The van der Waals surface area contributed by atoms with Crippen molar-refractivity contribution >= 4 is 28.3 Å². The molecule has 1 unspecified atom stereocenters. The van der Waals surface area contributed by atoms with E-state index in [1.54, 1.807) is 17.0 Å². The van der Waals surface area contributed by atoms with Crippen molar-refractivity contribution in [3.8, 4) is 0 Å². The van der Waals surface area contributed by atoms with Crippen LogP contribution in [-0.2, 0) is 9.53 Å². The number of aromatic nitrogens is 2. The first-order valence-electron chi connectivity index (χ1n) is 9.41. The molecule has 1 saturated heterocycles. The second-order valence-corrected chi connectivity index (χ2v) is 7.16. The first-order valence-corrected chi connectivity index (χ1v) is 9.41. The maximum atomic E-state index is 13.0. The molecule has 2 aromatic carbocycles. The zero-order valence-electron chi connectivity index (χ0n) is 16.3. The minimum absolute atomic E-state index is 0.0628. The number of hydrogen-bond acceptors (Lipinski definition) is 6. The lowest BCUT2D eigenvalue weighted by Crippen LogP contribution is -2.50. The lowest BCUT2D eigenvalue weighted by atomic mass is 10.1. The predicted molar refractivity (Wildman–Crippen MR) is 112 cm³/mol. The molecule has 9 heteroatoms. The Kier molecular flexibility index (Phi) is 5.06. The maximum Gasteiger partial charge on any atom is 0.280 e. The van der Waals surface area contributed by atoms with Crippen LogP contribution in [0.1, 0.15) is 23.1 Å². The highest BCUT2D eigenvalue weighted by Crippen LogP contribution is 2.25. The highest BCUT2D eigenvalue weighted by Gasteiger charge is 2.38. The van der Waals surface area contributed by atoms with E-state index >= 15 is 0 Å². The fraction of sp³-hybridized carbons (Fsp3) is 0.238. The number of amidine groups is 1. The molecule has 1 aliphatic rings. The molecule has 1 aromatic heterocycles. The van der Waals surface area contributed by atoms with Crippen LogP contribution in [-0.4, -0.2) is 46.1 Å². The second kappa shape index (κ2) is 7.69. The Morgan fingerprint density at radius 3 is 2.73 bits per heavy atom. The summed E-state index contributed by atoms with van der Waals surface area (Å²) < 4.78 is 5.54. The van der Waals surface area contributed by atoms with E-state index in [-0.39, 0.29) is 23.7 Å². The molecule has 1 aliphatic heterocycles. The van der Waals surface area contributed by atoms with Crippen LogP contribution in [0.2, 0.25) is 0 Å². The molecule has 1 amide bonds. The van der Waals surface area contributed by atoms with Gasteiger partial charge in [0.05, 0.1) is 17.5 Å². The molecule has 3 aromatic rings. The standard InChI is InChI=1S/C21H21N5O4/c1-11-2-5-13(6-3-11)26-8-9-30-17(21(26)29)16(27)19-24-15-7-4-12(18(22)23)10-14(15)20(28)25-19/h2-7,10,16-17,27H,8-9H2,1H3,(H3,22,23)(H,24,25,28)/t16-,17?/m1/s1. The van der Waals surface area contributed by atoms with Crippen LogP contribution in [0, 0.1) is 12.3 Å². The van der Waals surface area contributed by atoms with Crippen LogP contribution in [0.15, 0.2) is 47.3 Å². The molecule has 9 nitrogen and oxygen atoms in total. The molecule has 4 rings (SSSR count). The van der Waals surface area contributed by atoms with Gasteiger partial charge < -0.3 is 25.5 Å². The van der Waals surface area contributed by atoms with Gasteiger partial charge in [-0.3, -0.25) is 15.0 Å². The zero-order chi connectivity index (χ0) is 21.4. The Bertz CT molecular complexity index is 1190. The van der Waals surface area contributed by atoms with Crippen molar-refractivity contribution in [1.82, 2.24) is 9.97 Å². The fourth-order valence-corrected chi connectivity index (χ4v) is 3.43. The predicted octanol–water partition coefficient (Wildman–Crippen LogP) is 0.981. The topological polar surface area (TPSA) is 145 Å². The number of H-pyrrole nitrogens is 1. The second-order valence-electron chi connectivity index (χ2n) is 7.16. The van der Waals surface area contributed by atoms with Gasteiger partial charge in [0.25, 0.3) is 11.5 Å². The summed E-state index contributed by atoms with van der Waals surface area (Å²) in [5, 5.41) is 18.5. The van der Waals surface area contributed by atoms with E-state index in [2.05, 4.69) is 9.97 Å². The van der Waals surface area contributed by atoms with Gasteiger partial charge in [0, 0.05) is 17.8 Å². The van der Waals surface area contributed by atoms with Crippen molar-refractivity contribution in [2.75, 3.05) is 18.1 Å². The Labute approximate surface area is 171 Å². The van der Waals surface area contributed by atoms with Crippen LogP contribution in [0.5, 0.6) is 0 Å². The lowest BCUT2D eigenvalue weighted by Gasteiger charge is -2.34. The van der Waals surface area contributed by atoms with E-state index in [1.165, 1.54) is 6.07 Å². The van der Waals surface area contributed by atoms with E-state index in [0.29, 0.717) is 23.3 Å². The van der Waals surface area contributed by atoms with Gasteiger partial charge in [0.1, 0.15) is 17.8 Å². The summed E-state index contributed by atoms with van der Waals surface area (Å²) in [5.74, 6) is -0.641. The highest BCUT2D eigenvalue weighted by atomic mass is 16.5. The third-order valence-electron chi connectivity index (χ3n) is 5.08. The molecule has 0 radical (unpaired) electrons. The number of morpholine rings is 1. The van der Waals surface area contributed by atoms with Crippen LogP contribution in [0.4, 0.5) is 5.69 Å². The van der Waals surface area contributed by atoms with Gasteiger partial charge in [-0.2, -0.15) is 4.98 Å². The summed E-state index contributed by atoms with van der Waals surface area (Å²) >= 11 is 0. The number of rotatable bonds is 4. The molecule has 2 atom stereocenters. The van der Waals surface area contributed by atoms with E-state index in [0.717, 1.165) is 5.56 Å². The third kappa shape index (κ3) is 3.56. The number of benzene rings is 2. The smallest absolute Gasteiger partial charge is 0.280 e.